The molecule has 0 aromatic heterocycles. The largest absolute Gasteiger partial charge is 0.399 e. The van der Waals surface area contributed by atoms with Crippen molar-refractivity contribution in [2.45, 2.75) is 12.3 Å². The van der Waals surface area contributed by atoms with E-state index in [2.05, 4.69) is 29.4 Å². The van der Waals surface area contributed by atoms with E-state index in [1.54, 1.807) is 5.57 Å². The Hall–Kier alpha value is -1.48. The highest BCUT2D eigenvalue weighted by atomic mass is 15.1. The number of anilines is 2. The van der Waals surface area contributed by atoms with E-state index in [0.29, 0.717) is 5.92 Å². The number of nitrogens with two attached hydrogens (primary N) is 1. The van der Waals surface area contributed by atoms with E-state index in [1.807, 2.05) is 12.1 Å². The molecule has 3 nitrogen and oxygen atoms in total. The molecule has 90 valence electrons. The minimum Gasteiger partial charge on any atom is -0.399 e. The van der Waals surface area contributed by atoms with E-state index in [4.69, 9.17) is 5.73 Å². The zero-order valence-electron chi connectivity index (χ0n) is 10.2. The van der Waals surface area contributed by atoms with Crippen LogP contribution in [0.3, 0.4) is 0 Å². The molecule has 1 aromatic carbocycles. The topological polar surface area (TPSA) is 41.3 Å². The maximum absolute atomic E-state index is 5.81. The fourth-order valence-corrected chi connectivity index (χ4v) is 2.79. The first-order chi connectivity index (χ1) is 8.24. The van der Waals surface area contributed by atoms with E-state index in [-0.39, 0.29) is 0 Å². The van der Waals surface area contributed by atoms with Crippen molar-refractivity contribution in [1.82, 2.24) is 4.90 Å². The van der Waals surface area contributed by atoms with Gasteiger partial charge in [0.05, 0.1) is 0 Å². The smallest absolute Gasteiger partial charge is 0.0400 e. The lowest BCUT2D eigenvalue weighted by Crippen LogP contribution is -2.26. The summed E-state index contributed by atoms with van der Waals surface area (Å²) < 4.78 is 0. The highest BCUT2D eigenvalue weighted by Gasteiger charge is 2.26. The van der Waals surface area contributed by atoms with Gasteiger partial charge in [-0.2, -0.15) is 0 Å². The van der Waals surface area contributed by atoms with Crippen LogP contribution in [0.15, 0.2) is 29.8 Å². The van der Waals surface area contributed by atoms with Crippen LogP contribution in [0.1, 0.15) is 17.9 Å². The number of benzene rings is 1. The molecule has 0 spiro atoms. The molecule has 1 aromatic rings. The normalized spacial score (nSPS) is 24.1. The van der Waals surface area contributed by atoms with Crippen LogP contribution in [0.25, 0.3) is 0 Å². The summed E-state index contributed by atoms with van der Waals surface area (Å²) in [6.07, 6.45) is 3.58. The van der Waals surface area contributed by atoms with Gasteiger partial charge in [-0.1, -0.05) is 17.7 Å². The first-order valence-electron chi connectivity index (χ1n) is 6.25. The van der Waals surface area contributed by atoms with Gasteiger partial charge in [-0.25, -0.2) is 0 Å². The molecule has 2 aliphatic rings. The molecule has 0 radical (unpaired) electrons. The summed E-state index contributed by atoms with van der Waals surface area (Å²) in [6.45, 7) is 3.27. The Kier molecular flexibility index (Phi) is 2.56. The number of hydrogen-bond acceptors (Lipinski definition) is 3. The van der Waals surface area contributed by atoms with E-state index in [0.717, 1.165) is 18.8 Å². The molecule has 3 rings (SSSR count). The molecular weight excluding hydrogens is 210 g/mol. The fourth-order valence-electron chi connectivity index (χ4n) is 2.79. The summed E-state index contributed by atoms with van der Waals surface area (Å²) in [5, 5.41) is 3.47. The van der Waals surface area contributed by atoms with Gasteiger partial charge in [-0.15, -0.1) is 0 Å². The molecule has 1 unspecified atom stereocenters. The quantitative estimate of drug-likeness (QED) is 0.572. The first kappa shape index (κ1) is 10.7. The summed E-state index contributed by atoms with van der Waals surface area (Å²) in [6, 6.07) is 6.23. The standard InChI is InChI=1S/C14H19N3/c1-17-6-4-10(5-7-17)13-9-16-14-8-11(15)2-3-12(13)14/h2-4,8,13,16H,5-7,9,15H2,1H3. The van der Waals surface area contributed by atoms with Crippen LogP contribution in [0.4, 0.5) is 11.4 Å². The van der Waals surface area contributed by atoms with Gasteiger partial charge in [0, 0.05) is 36.9 Å². The van der Waals surface area contributed by atoms with Crippen molar-refractivity contribution in [2.75, 3.05) is 37.7 Å². The number of likely N-dealkylation sites (N-methyl/N-ethyl adjacent to an activating group) is 1. The predicted octanol–water partition coefficient (Wildman–Crippen LogP) is 2.04. The Labute approximate surface area is 102 Å². The lowest BCUT2D eigenvalue weighted by molar-refractivity contribution is 0.354. The maximum Gasteiger partial charge on any atom is 0.0400 e. The lowest BCUT2D eigenvalue weighted by atomic mass is 9.89. The average Bonchev–Trinajstić information content (AvgIpc) is 2.73. The number of nitrogen functional groups attached to an aromatic ring is 1. The Morgan fingerprint density at radius 2 is 2.29 bits per heavy atom. The third kappa shape index (κ3) is 1.91. The van der Waals surface area contributed by atoms with Crippen LogP contribution in [-0.4, -0.2) is 31.6 Å². The van der Waals surface area contributed by atoms with Crippen molar-refractivity contribution in [1.29, 1.82) is 0 Å². The molecule has 2 aliphatic heterocycles. The van der Waals surface area contributed by atoms with Crippen molar-refractivity contribution in [2.24, 2.45) is 0 Å². The van der Waals surface area contributed by atoms with Crippen molar-refractivity contribution in [3.63, 3.8) is 0 Å². The monoisotopic (exact) mass is 229 g/mol. The third-order valence-corrected chi connectivity index (χ3v) is 3.84. The van der Waals surface area contributed by atoms with Gasteiger partial charge in [0.2, 0.25) is 0 Å². The number of nitrogens with zero attached hydrogens (tertiary/aromatic N) is 1. The van der Waals surface area contributed by atoms with Crippen LogP contribution in [0.5, 0.6) is 0 Å². The SMILES string of the molecule is CN1CC=C(C2CNc3cc(N)ccc32)CC1. The van der Waals surface area contributed by atoms with Crippen LogP contribution in [0.2, 0.25) is 0 Å². The van der Waals surface area contributed by atoms with Gasteiger partial charge in [0.15, 0.2) is 0 Å². The van der Waals surface area contributed by atoms with Gasteiger partial charge >= 0.3 is 0 Å². The van der Waals surface area contributed by atoms with Gasteiger partial charge in [-0.05, 0) is 31.2 Å². The predicted molar refractivity (Wildman–Crippen MR) is 72.3 cm³/mol. The highest BCUT2D eigenvalue weighted by molar-refractivity contribution is 5.65. The minimum absolute atomic E-state index is 0.555. The molecule has 3 N–H and O–H groups in total. The van der Waals surface area contributed by atoms with Crippen molar-refractivity contribution in [3.8, 4) is 0 Å². The Morgan fingerprint density at radius 3 is 3.06 bits per heavy atom. The summed E-state index contributed by atoms with van der Waals surface area (Å²) in [5.74, 6) is 0.555. The summed E-state index contributed by atoms with van der Waals surface area (Å²) >= 11 is 0. The average molecular weight is 229 g/mol. The molecule has 1 atom stereocenters. The van der Waals surface area contributed by atoms with E-state index >= 15 is 0 Å². The second-order valence-electron chi connectivity index (χ2n) is 5.07. The number of hydrogen-bond donors (Lipinski definition) is 2. The molecular formula is C14H19N3. The summed E-state index contributed by atoms with van der Waals surface area (Å²) in [7, 11) is 2.18. The molecule has 2 heterocycles. The van der Waals surface area contributed by atoms with Crippen LogP contribution in [0, 0.1) is 0 Å². The van der Waals surface area contributed by atoms with E-state index in [1.165, 1.54) is 24.2 Å². The molecule has 0 amide bonds. The number of nitrogens with one attached hydrogen (secondary N) is 1. The van der Waals surface area contributed by atoms with Crippen molar-refractivity contribution < 1.29 is 0 Å². The second-order valence-corrected chi connectivity index (χ2v) is 5.07. The molecule has 17 heavy (non-hydrogen) atoms. The Balaban J connectivity index is 1.89. The Morgan fingerprint density at radius 1 is 1.41 bits per heavy atom. The molecule has 0 saturated heterocycles. The maximum atomic E-state index is 5.81. The van der Waals surface area contributed by atoms with Crippen LogP contribution in [-0.2, 0) is 0 Å². The van der Waals surface area contributed by atoms with Crippen LogP contribution >= 0.6 is 0 Å². The summed E-state index contributed by atoms with van der Waals surface area (Å²) in [5.41, 5.74) is 10.9. The lowest BCUT2D eigenvalue weighted by Gasteiger charge is -2.25. The van der Waals surface area contributed by atoms with Gasteiger partial charge in [0.25, 0.3) is 0 Å². The minimum atomic E-state index is 0.555. The Bertz CT molecular complexity index is 465. The summed E-state index contributed by atoms with van der Waals surface area (Å²) in [4.78, 5) is 2.36. The molecule has 0 fully saturated rings. The second kappa shape index (κ2) is 4.08. The van der Waals surface area contributed by atoms with Gasteiger partial charge in [0.1, 0.15) is 0 Å². The van der Waals surface area contributed by atoms with E-state index < -0.39 is 0 Å². The van der Waals surface area contributed by atoms with Gasteiger partial charge in [-0.3, -0.25) is 0 Å². The van der Waals surface area contributed by atoms with E-state index in [9.17, 15) is 0 Å². The van der Waals surface area contributed by atoms with Crippen molar-refractivity contribution >= 4 is 11.4 Å². The molecule has 0 bridgehead atoms. The molecule has 0 saturated carbocycles. The molecule has 0 aliphatic carbocycles. The third-order valence-electron chi connectivity index (χ3n) is 3.84. The van der Waals surface area contributed by atoms with Gasteiger partial charge < -0.3 is 16.0 Å². The molecule has 3 heteroatoms. The highest BCUT2D eigenvalue weighted by Crippen LogP contribution is 2.38. The van der Waals surface area contributed by atoms with Crippen LogP contribution < -0.4 is 11.1 Å². The first-order valence-corrected chi connectivity index (χ1v) is 6.25. The van der Waals surface area contributed by atoms with Crippen molar-refractivity contribution in [3.05, 3.63) is 35.4 Å². The zero-order chi connectivity index (χ0) is 11.8. The zero-order valence-corrected chi connectivity index (χ0v) is 10.2. The fraction of sp³-hybridized carbons (Fsp3) is 0.429. The number of rotatable bonds is 1. The number of fused-ring (bicyclic) bond motifs is 1.